The fraction of sp³-hybridized carbons (Fsp3) is 0.333. The Hall–Kier alpha value is -1.48. The summed E-state index contributed by atoms with van der Waals surface area (Å²) in [6.45, 7) is 2.11. The average molecular weight is 256 g/mol. The number of aromatic amines is 1. The molecule has 18 heavy (non-hydrogen) atoms. The molecule has 0 saturated heterocycles. The largest absolute Gasteiger partial charge is 0.347 e. The first-order chi connectivity index (χ1) is 8.70. The Bertz CT molecular complexity index is 626. The molecule has 1 saturated carbocycles. The van der Waals surface area contributed by atoms with E-state index in [4.69, 9.17) is 12.2 Å². The Labute approximate surface area is 112 Å². The van der Waals surface area contributed by atoms with Crippen LogP contribution in [-0.2, 0) is 6.42 Å². The fourth-order valence-corrected chi connectivity index (χ4v) is 2.48. The van der Waals surface area contributed by atoms with Gasteiger partial charge in [-0.3, -0.25) is 0 Å². The van der Waals surface area contributed by atoms with Crippen molar-refractivity contribution < 1.29 is 0 Å². The van der Waals surface area contributed by atoms with Gasteiger partial charge in [0, 0.05) is 12.1 Å². The Morgan fingerprint density at radius 3 is 2.89 bits per heavy atom. The van der Waals surface area contributed by atoms with Crippen molar-refractivity contribution in [3.8, 4) is 0 Å². The van der Waals surface area contributed by atoms with Crippen molar-refractivity contribution in [2.45, 2.75) is 32.1 Å². The quantitative estimate of drug-likeness (QED) is 0.843. The summed E-state index contributed by atoms with van der Waals surface area (Å²) in [6, 6.07) is 10.5. The third-order valence-corrected chi connectivity index (χ3v) is 3.49. The molecule has 1 heterocycles. The zero-order valence-corrected chi connectivity index (χ0v) is 11.3. The first kappa shape index (κ1) is 11.6. The first-order valence-electron chi connectivity index (χ1n) is 6.36. The van der Waals surface area contributed by atoms with E-state index >= 15 is 0 Å². The van der Waals surface area contributed by atoms with E-state index in [1.54, 1.807) is 0 Å². The molecule has 2 aromatic rings. The zero-order chi connectivity index (χ0) is 12.5. The Morgan fingerprint density at radius 1 is 1.33 bits per heavy atom. The van der Waals surface area contributed by atoms with Gasteiger partial charge in [0.15, 0.2) is 0 Å². The topological polar surface area (TPSA) is 28.7 Å². The molecule has 0 unspecified atom stereocenters. The van der Waals surface area contributed by atoms with Crippen molar-refractivity contribution in [3.05, 3.63) is 57.6 Å². The number of benzene rings is 1. The molecule has 3 heteroatoms. The number of aromatic nitrogens is 2. The second-order valence-electron chi connectivity index (χ2n) is 5.06. The standard InChI is InChI=1S/C15H16N2S/c1-10-3-2-4-11(7-10)8-14-16-13(12-5-6-12)9-15(18)17-14/h2-4,7,9,12H,5-6,8H2,1H3,(H,16,17,18). The predicted molar refractivity (Wildman–Crippen MR) is 75.4 cm³/mol. The molecule has 0 amide bonds. The lowest BCUT2D eigenvalue weighted by molar-refractivity contribution is 0.893. The minimum Gasteiger partial charge on any atom is -0.347 e. The lowest BCUT2D eigenvalue weighted by Crippen LogP contribution is -2.00. The molecular weight excluding hydrogens is 240 g/mol. The highest BCUT2D eigenvalue weighted by molar-refractivity contribution is 7.71. The van der Waals surface area contributed by atoms with Crippen LogP contribution >= 0.6 is 12.2 Å². The molecular formula is C15H16N2S. The summed E-state index contributed by atoms with van der Waals surface area (Å²) >= 11 is 5.24. The molecule has 1 aliphatic carbocycles. The van der Waals surface area contributed by atoms with Crippen LogP contribution in [0.1, 0.15) is 41.4 Å². The van der Waals surface area contributed by atoms with Crippen molar-refractivity contribution in [3.63, 3.8) is 0 Å². The maximum Gasteiger partial charge on any atom is 0.130 e. The number of hydrogen-bond donors (Lipinski definition) is 1. The second kappa shape index (κ2) is 4.65. The molecule has 1 aliphatic rings. The normalized spacial score (nSPS) is 14.7. The van der Waals surface area contributed by atoms with Gasteiger partial charge in [0.05, 0.1) is 0 Å². The molecule has 2 nitrogen and oxygen atoms in total. The Kier molecular flexibility index (Phi) is 3.00. The molecule has 0 radical (unpaired) electrons. The highest BCUT2D eigenvalue weighted by Crippen LogP contribution is 2.38. The summed E-state index contributed by atoms with van der Waals surface area (Å²) in [6.07, 6.45) is 3.38. The highest BCUT2D eigenvalue weighted by atomic mass is 32.1. The van der Waals surface area contributed by atoms with Gasteiger partial charge in [0.2, 0.25) is 0 Å². The van der Waals surface area contributed by atoms with Crippen LogP contribution < -0.4 is 0 Å². The summed E-state index contributed by atoms with van der Waals surface area (Å²) in [5.74, 6) is 1.67. The average Bonchev–Trinajstić information content (AvgIpc) is 3.11. The van der Waals surface area contributed by atoms with Gasteiger partial charge in [-0.25, -0.2) is 4.98 Å². The van der Waals surface area contributed by atoms with Gasteiger partial charge in [0.1, 0.15) is 10.5 Å². The lowest BCUT2D eigenvalue weighted by atomic mass is 10.1. The number of nitrogens with zero attached hydrogens (tertiary/aromatic N) is 1. The minimum atomic E-state index is 0.686. The third kappa shape index (κ3) is 2.67. The van der Waals surface area contributed by atoms with E-state index in [0.717, 1.165) is 12.2 Å². The van der Waals surface area contributed by atoms with Gasteiger partial charge in [0.25, 0.3) is 0 Å². The van der Waals surface area contributed by atoms with E-state index in [9.17, 15) is 0 Å². The molecule has 3 rings (SSSR count). The first-order valence-corrected chi connectivity index (χ1v) is 6.77. The number of H-pyrrole nitrogens is 1. The molecule has 0 atom stereocenters. The molecule has 1 aromatic carbocycles. The van der Waals surface area contributed by atoms with Gasteiger partial charge in [-0.05, 0) is 37.3 Å². The number of nitrogens with one attached hydrogen (secondary N) is 1. The summed E-state index contributed by atoms with van der Waals surface area (Å²) in [5, 5.41) is 0. The van der Waals surface area contributed by atoms with Crippen molar-refractivity contribution >= 4 is 12.2 Å². The van der Waals surface area contributed by atoms with Crippen molar-refractivity contribution in [1.29, 1.82) is 0 Å². The van der Waals surface area contributed by atoms with Crippen LogP contribution in [0, 0.1) is 11.6 Å². The molecule has 1 N–H and O–H groups in total. The molecule has 0 spiro atoms. The zero-order valence-electron chi connectivity index (χ0n) is 10.4. The van der Waals surface area contributed by atoms with E-state index in [0.29, 0.717) is 10.6 Å². The van der Waals surface area contributed by atoms with Crippen LogP contribution in [0.4, 0.5) is 0 Å². The number of aryl methyl sites for hydroxylation is 1. The molecule has 1 fully saturated rings. The van der Waals surface area contributed by atoms with Crippen LogP contribution in [0.2, 0.25) is 0 Å². The third-order valence-electron chi connectivity index (χ3n) is 3.28. The van der Waals surface area contributed by atoms with Crippen LogP contribution in [0.3, 0.4) is 0 Å². The number of rotatable bonds is 3. The van der Waals surface area contributed by atoms with Crippen LogP contribution in [0.25, 0.3) is 0 Å². The van der Waals surface area contributed by atoms with Crippen LogP contribution in [-0.4, -0.2) is 9.97 Å². The van der Waals surface area contributed by atoms with E-state index in [1.807, 2.05) is 6.07 Å². The minimum absolute atomic E-state index is 0.686. The van der Waals surface area contributed by atoms with E-state index in [-0.39, 0.29) is 0 Å². The van der Waals surface area contributed by atoms with Crippen LogP contribution in [0.15, 0.2) is 30.3 Å². The summed E-state index contributed by atoms with van der Waals surface area (Å²) < 4.78 is 0.707. The lowest BCUT2D eigenvalue weighted by Gasteiger charge is -2.06. The fourth-order valence-electron chi connectivity index (χ4n) is 2.24. The monoisotopic (exact) mass is 256 g/mol. The van der Waals surface area contributed by atoms with Gasteiger partial charge in [-0.2, -0.15) is 0 Å². The summed E-state index contributed by atoms with van der Waals surface area (Å²) in [7, 11) is 0. The van der Waals surface area contributed by atoms with Crippen LogP contribution in [0.5, 0.6) is 0 Å². The number of hydrogen-bond acceptors (Lipinski definition) is 2. The Morgan fingerprint density at radius 2 is 2.17 bits per heavy atom. The van der Waals surface area contributed by atoms with Gasteiger partial charge in [-0.1, -0.05) is 42.0 Å². The molecule has 0 aliphatic heterocycles. The highest BCUT2D eigenvalue weighted by Gasteiger charge is 2.24. The smallest absolute Gasteiger partial charge is 0.130 e. The summed E-state index contributed by atoms with van der Waals surface area (Å²) in [4.78, 5) is 7.87. The molecule has 0 bridgehead atoms. The molecule has 1 aromatic heterocycles. The van der Waals surface area contributed by atoms with E-state index < -0.39 is 0 Å². The van der Waals surface area contributed by atoms with Gasteiger partial charge < -0.3 is 4.98 Å². The molecule has 92 valence electrons. The van der Waals surface area contributed by atoms with Crippen molar-refractivity contribution in [2.75, 3.05) is 0 Å². The summed E-state index contributed by atoms with van der Waals surface area (Å²) in [5.41, 5.74) is 3.82. The maximum atomic E-state index is 5.24. The second-order valence-corrected chi connectivity index (χ2v) is 5.48. The van der Waals surface area contributed by atoms with Gasteiger partial charge >= 0.3 is 0 Å². The predicted octanol–water partition coefficient (Wildman–Crippen LogP) is 3.92. The van der Waals surface area contributed by atoms with Gasteiger partial charge in [-0.15, -0.1) is 0 Å². The SMILES string of the molecule is Cc1cccc(Cc2nc(=S)cc(C3CC3)[nH]2)c1. The Balaban J connectivity index is 1.90. The maximum absolute atomic E-state index is 5.24. The van der Waals surface area contributed by atoms with Crippen molar-refractivity contribution in [2.24, 2.45) is 0 Å². The van der Waals surface area contributed by atoms with Crippen molar-refractivity contribution in [1.82, 2.24) is 9.97 Å². The van der Waals surface area contributed by atoms with E-state index in [1.165, 1.54) is 29.7 Å². The van der Waals surface area contributed by atoms with E-state index in [2.05, 4.69) is 41.2 Å².